The Balaban J connectivity index is 0.00000261. The zero-order valence-electron chi connectivity index (χ0n) is 16.0. The minimum atomic E-state index is -0.0420. The summed E-state index contributed by atoms with van der Waals surface area (Å²) in [6.07, 6.45) is 5.19. The van der Waals surface area contributed by atoms with E-state index in [0.717, 1.165) is 45.3 Å². The van der Waals surface area contributed by atoms with Gasteiger partial charge in [-0.3, -0.25) is 9.59 Å². The first kappa shape index (κ1) is 21.5. The second-order valence-corrected chi connectivity index (χ2v) is 7.03. The Labute approximate surface area is 167 Å². The lowest BCUT2D eigenvalue weighted by atomic mass is 9.98. The van der Waals surface area contributed by atoms with E-state index in [1.165, 1.54) is 6.42 Å². The van der Waals surface area contributed by atoms with Crippen molar-refractivity contribution in [2.24, 2.45) is 5.92 Å². The van der Waals surface area contributed by atoms with E-state index in [9.17, 15) is 9.59 Å². The van der Waals surface area contributed by atoms with Crippen molar-refractivity contribution >= 4 is 29.9 Å². The molecule has 1 unspecified atom stereocenters. The number of rotatable bonds is 5. The molecule has 1 aromatic carbocycles. The van der Waals surface area contributed by atoms with Gasteiger partial charge in [-0.25, -0.2) is 0 Å². The van der Waals surface area contributed by atoms with Gasteiger partial charge in [-0.05, 0) is 63.8 Å². The molecule has 3 rings (SSSR count). The number of halogens is 1. The quantitative estimate of drug-likeness (QED) is 0.803. The minimum Gasteiger partial charge on any atom is -0.492 e. The van der Waals surface area contributed by atoms with E-state index in [4.69, 9.17) is 4.74 Å². The van der Waals surface area contributed by atoms with Crippen LogP contribution in [0.1, 0.15) is 49.4 Å². The summed E-state index contributed by atoms with van der Waals surface area (Å²) in [7, 11) is 0. The zero-order chi connectivity index (χ0) is 18.4. The molecule has 0 bridgehead atoms. The standard InChI is InChI=1S/C20H29N3O3.ClH/c1-2-26-18-9-8-15(20(25)23-11-4-3-5-12-23)13-17(18)22-19(24)16-7-6-10-21-14-16;/h8-9,13,16,21H,2-7,10-12,14H2,1H3,(H,22,24);1H. The lowest BCUT2D eigenvalue weighted by Crippen LogP contribution is -2.37. The number of ether oxygens (including phenoxy) is 1. The second kappa shape index (κ2) is 10.5. The van der Waals surface area contributed by atoms with Crippen LogP contribution in [0.3, 0.4) is 0 Å². The average molecular weight is 396 g/mol. The molecule has 7 heteroatoms. The number of carbonyl (C=O) groups excluding carboxylic acids is 2. The van der Waals surface area contributed by atoms with Crippen LogP contribution in [-0.4, -0.2) is 49.5 Å². The molecule has 2 heterocycles. The topological polar surface area (TPSA) is 70.7 Å². The number of benzene rings is 1. The molecule has 2 saturated heterocycles. The van der Waals surface area contributed by atoms with Crippen molar-refractivity contribution in [3.8, 4) is 5.75 Å². The zero-order valence-corrected chi connectivity index (χ0v) is 16.8. The number of carbonyl (C=O) groups is 2. The maximum Gasteiger partial charge on any atom is 0.253 e. The van der Waals surface area contributed by atoms with Gasteiger partial charge in [0.2, 0.25) is 5.91 Å². The molecule has 0 saturated carbocycles. The Kier molecular flexibility index (Phi) is 8.38. The maximum atomic E-state index is 12.8. The van der Waals surface area contributed by atoms with Crippen molar-refractivity contribution in [1.82, 2.24) is 10.2 Å². The molecule has 0 aromatic heterocycles. The van der Waals surface area contributed by atoms with Crippen molar-refractivity contribution in [3.63, 3.8) is 0 Å². The van der Waals surface area contributed by atoms with Gasteiger partial charge < -0.3 is 20.3 Å². The highest BCUT2D eigenvalue weighted by Gasteiger charge is 2.23. The van der Waals surface area contributed by atoms with Crippen molar-refractivity contribution in [2.75, 3.05) is 38.1 Å². The summed E-state index contributed by atoms with van der Waals surface area (Å²) in [5, 5.41) is 6.25. The Morgan fingerprint density at radius 1 is 1.22 bits per heavy atom. The molecule has 1 atom stereocenters. The summed E-state index contributed by atoms with van der Waals surface area (Å²) >= 11 is 0. The van der Waals surface area contributed by atoms with Gasteiger partial charge in [0.05, 0.1) is 18.2 Å². The molecule has 2 amide bonds. The summed E-state index contributed by atoms with van der Waals surface area (Å²) in [5.74, 6) is 0.586. The van der Waals surface area contributed by atoms with Crippen molar-refractivity contribution in [1.29, 1.82) is 0 Å². The number of anilines is 1. The lowest BCUT2D eigenvalue weighted by molar-refractivity contribution is -0.120. The van der Waals surface area contributed by atoms with Crippen molar-refractivity contribution in [3.05, 3.63) is 23.8 Å². The van der Waals surface area contributed by atoms with E-state index in [0.29, 0.717) is 30.2 Å². The van der Waals surface area contributed by atoms with E-state index >= 15 is 0 Å². The van der Waals surface area contributed by atoms with Gasteiger partial charge in [-0.15, -0.1) is 12.4 Å². The second-order valence-electron chi connectivity index (χ2n) is 7.03. The molecule has 0 radical (unpaired) electrons. The van der Waals surface area contributed by atoms with Gasteiger partial charge in [0.15, 0.2) is 0 Å². The fraction of sp³-hybridized carbons (Fsp3) is 0.600. The average Bonchev–Trinajstić information content (AvgIpc) is 2.70. The minimum absolute atomic E-state index is 0. The molecule has 2 fully saturated rings. The number of likely N-dealkylation sites (tertiary alicyclic amines) is 1. The molecular weight excluding hydrogens is 366 g/mol. The molecule has 6 nitrogen and oxygen atoms in total. The number of hydrogen-bond acceptors (Lipinski definition) is 4. The molecule has 0 spiro atoms. The first-order valence-electron chi connectivity index (χ1n) is 9.76. The third-order valence-corrected chi connectivity index (χ3v) is 5.10. The van der Waals surface area contributed by atoms with Crippen LogP contribution >= 0.6 is 12.4 Å². The highest BCUT2D eigenvalue weighted by atomic mass is 35.5. The van der Waals surface area contributed by atoms with Crippen LogP contribution in [0.25, 0.3) is 0 Å². The molecular formula is C20H30ClN3O3. The summed E-state index contributed by atoms with van der Waals surface area (Å²) in [4.78, 5) is 27.3. The van der Waals surface area contributed by atoms with Gasteiger partial charge in [-0.2, -0.15) is 0 Å². The van der Waals surface area contributed by atoms with Crippen LogP contribution in [-0.2, 0) is 4.79 Å². The highest BCUT2D eigenvalue weighted by Crippen LogP contribution is 2.28. The Hall–Kier alpha value is -1.79. The van der Waals surface area contributed by atoms with Gasteiger partial charge in [0, 0.05) is 25.2 Å². The third-order valence-electron chi connectivity index (χ3n) is 5.10. The first-order valence-corrected chi connectivity index (χ1v) is 9.76. The van der Waals surface area contributed by atoms with Crippen LogP contribution in [0.2, 0.25) is 0 Å². The Morgan fingerprint density at radius 3 is 2.67 bits per heavy atom. The SMILES string of the molecule is CCOc1ccc(C(=O)N2CCCCC2)cc1NC(=O)C1CCCNC1.Cl. The van der Waals surface area contributed by atoms with Gasteiger partial charge in [-0.1, -0.05) is 0 Å². The van der Waals surface area contributed by atoms with Crippen LogP contribution in [0, 0.1) is 5.92 Å². The van der Waals surface area contributed by atoms with Crippen LogP contribution in [0.15, 0.2) is 18.2 Å². The van der Waals surface area contributed by atoms with E-state index < -0.39 is 0 Å². The monoisotopic (exact) mass is 395 g/mol. The molecule has 0 aliphatic carbocycles. The number of nitrogens with zero attached hydrogens (tertiary/aromatic N) is 1. The van der Waals surface area contributed by atoms with E-state index in [1.807, 2.05) is 11.8 Å². The molecule has 2 aliphatic rings. The predicted molar refractivity (Wildman–Crippen MR) is 109 cm³/mol. The molecule has 150 valence electrons. The van der Waals surface area contributed by atoms with Crippen molar-refractivity contribution < 1.29 is 14.3 Å². The van der Waals surface area contributed by atoms with E-state index in [1.54, 1.807) is 18.2 Å². The summed E-state index contributed by atoms with van der Waals surface area (Å²) in [6.45, 7) is 5.69. The number of piperidine rings is 2. The molecule has 1 aromatic rings. The summed E-state index contributed by atoms with van der Waals surface area (Å²) in [5.41, 5.74) is 1.19. The largest absolute Gasteiger partial charge is 0.492 e. The molecule has 2 aliphatic heterocycles. The maximum absolute atomic E-state index is 12.8. The normalized spacial score (nSPS) is 19.7. The molecule has 27 heavy (non-hydrogen) atoms. The number of hydrogen-bond donors (Lipinski definition) is 2. The number of amides is 2. The van der Waals surface area contributed by atoms with Crippen molar-refractivity contribution in [2.45, 2.75) is 39.0 Å². The van der Waals surface area contributed by atoms with Crippen LogP contribution < -0.4 is 15.4 Å². The third kappa shape index (κ3) is 5.59. The fourth-order valence-electron chi connectivity index (χ4n) is 3.63. The van der Waals surface area contributed by atoms with E-state index in [2.05, 4.69) is 10.6 Å². The van der Waals surface area contributed by atoms with Gasteiger partial charge in [0.25, 0.3) is 5.91 Å². The lowest BCUT2D eigenvalue weighted by Gasteiger charge is -2.27. The van der Waals surface area contributed by atoms with Crippen LogP contribution in [0.4, 0.5) is 5.69 Å². The van der Waals surface area contributed by atoms with E-state index in [-0.39, 0.29) is 30.1 Å². The smallest absolute Gasteiger partial charge is 0.253 e. The Morgan fingerprint density at radius 2 is 2.00 bits per heavy atom. The summed E-state index contributed by atoms with van der Waals surface area (Å²) in [6, 6.07) is 5.34. The van der Waals surface area contributed by atoms with Gasteiger partial charge >= 0.3 is 0 Å². The predicted octanol–water partition coefficient (Wildman–Crippen LogP) is 3.07. The number of nitrogens with one attached hydrogen (secondary N) is 2. The summed E-state index contributed by atoms with van der Waals surface area (Å²) < 4.78 is 5.65. The first-order chi connectivity index (χ1) is 12.7. The Bertz CT molecular complexity index is 641. The van der Waals surface area contributed by atoms with Crippen LogP contribution in [0.5, 0.6) is 5.75 Å². The molecule has 2 N–H and O–H groups in total. The fourth-order valence-corrected chi connectivity index (χ4v) is 3.63. The van der Waals surface area contributed by atoms with Gasteiger partial charge in [0.1, 0.15) is 5.75 Å². The highest BCUT2D eigenvalue weighted by molar-refractivity contribution is 5.99.